The first-order valence-electron chi connectivity index (χ1n) is 8.56. The van der Waals surface area contributed by atoms with Gasteiger partial charge in [0.2, 0.25) is 0 Å². The van der Waals surface area contributed by atoms with Crippen molar-refractivity contribution in [1.29, 1.82) is 0 Å². The molecule has 0 aliphatic heterocycles. The van der Waals surface area contributed by atoms with Gasteiger partial charge in [-0.1, -0.05) is 19.9 Å². The summed E-state index contributed by atoms with van der Waals surface area (Å²) in [6.45, 7) is 4.20. The van der Waals surface area contributed by atoms with Crippen LogP contribution < -0.4 is 20.1 Å². The molecule has 3 N–H and O–H groups in total. The van der Waals surface area contributed by atoms with E-state index in [0.29, 0.717) is 28.7 Å². The quantitative estimate of drug-likeness (QED) is 0.512. The van der Waals surface area contributed by atoms with Gasteiger partial charge in [-0.2, -0.15) is 0 Å². The number of hydrogen-bond acceptors (Lipinski definition) is 5. The maximum absolute atomic E-state index is 12.5. The fraction of sp³-hybridized carbons (Fsp3) is 0.300. The molecule has 1 atom stereocenters. The van der Waals surface area contributed by atoms with Crippen molar-refractivity contribution < 1.29 is 19.4 Å². The van der Waals surface area contributed by atoms with Gasteiger partial charge in [0.25, 0.3) is 5.91 Å². The van der Waals surface area contributed by atoms with Crippen molar-refractivity contribution in [1.82, 2.24) is 5.32 Å². The van der Waals surface area contributed by atoms with Gasteiger partial charge in [0.1, 0.15) is 17.2 Å². The fourth-order valence-electron chi connectivity index (χ4n) is 2.51. The van der Waals surface area contributed by atoms with Gasteiger partial charge < -0.3 is 19.9 Å². The van der Waals surface area contributed by atoms with Crippen LogP contribution >= 0.6 is 12.2 Å². The average molecular weight is 388 g/mol. The number of aromatic hydroxyl groups is 1. The Kier molecular flexibility index (Phi) is 7.01. The monoisotopic (exact) mass is 388 g/mol. The van der Waals surface area contributed by atoms with Gasteiger partial charge in [-0.15, -0.1) is 0 Å². The molecule has 0 aliphatic carbocycles. The van der Waals surface area contributed by atoms with E-state index in [9.17, 15) is 9.90 Å². The largest absolute Gasteiger partial charge is 0.506 e. The average Bonchev–Trinajstić information content (AvgIpc) is 2.68. The number of hydrogen-bond donors (Lipinski definition) is 3. The molecule has 0 heterocycles. The van der Waals surface area contributed by atoms with Gasteiger partial charge in [0, 0.05) is 6.07 Å². The van der Waals surface area contributed by atoms with E-state index in [1.165, 1.54) is 14.2 Å². The Morgan fingerprint density at radius 2 is 1.93 bits per heavy atom. The molecule has 1 amide bonds. The fourth-order valence-corrected chi connectivity index (χ4v) is 2.71. The number of ether oxygens (including phenoxy) is 2. The lowest BCUT2D eigenvalue weighted by molar-refractivity contribution is 0.0974. The molecule has 0 saturated carbocycles. The topological polar surface area (TPSA) is 79.8 Å². The molecule has 0 aliphatic rings. The second kappa shape index (κ2) is 9.23. The first kappa shape index (κ1) is 20.5. The molecule has 2 aromatic carbocycles. The predicted molar refractivity (Wildman–Crippen MR) is 110 cm³/mol. The van der Waals surface area contributed by atoms with Gasteiger partial charge in [0.05, 0.1) is 25.5 Å². The Balaban J connectivity index is 2.13. The van der Waals surface area contributed by atoms with Crippen LogP contribution in [-0.2, 0) is 0 Å². The summed E-state index contributed by atoms with van der Waals surface area (Å²) in [5, 5.41) is 15.6. The van der Waals surface area contributed by atoms with Crippen molar-refractivity contribution >= 4 is 28.9 Å². The maximum atomic E-state index is 12.5. The molecule has 2 rings (SSSR count). The molecule has 0 bridgehead atoms. The number of thiocarbonyl (C=S) groups is 1. The lowest BCUT2D eigenvalue weighted by atomic mass is 9.98. The Hall–Kier alpha value is -2.80. The van der Waals surface area contributed by atoms with Gasteiger partial charge in [-0.25, -0.2) is 0 Å². The van der Waals surface area contributed by atoms with Crippen molar-refractivity contribution in [3.63, 3.8) is 0 Å². The summed E-state index contributed by atoms with van der Waals surface area (Å²) in [5.74, 6) is 0.926. The van der Waals surface area contributed by atoms with Crippen LogP contribution in [0.5, 0.6) is 17.2 Å². The number of nitrogens with one attached hydrogen (secondary N) is 2. The molecule has 0 fully saturated rings. The van der Waals surface area contributed by atoms with E-state index >= 15 is 0 Å². The second-order valence-electron chi connectivity index (χ2n) is 6.06. The van der Waals surface area contributed by atoms with Crippen molar-refractivity contribution in [2.75, 3.05) is 19.5 Å². The zero-order valence-electron chi connectivity index (χ0n) is 15.8. The van der Waals surface area contributed by atoms with Gasteiger partial charge >= 0.3 is 0 Å². The Bertz CT molecular complexity index is 839. The Morgan fingerprint density at radius 3 is 2.56 bits per heavy atom. The van der Waals surface area contributed by atoms with Crippen molar-refractivity contribution in [3.05, 3.63) is 47.5 Å². The number of carbonyl (C=O) groups excluding carboxylic acids is 1. The van der Waals surface area contributed by atoms with Crippen LogP contribution in [0, 0.1) is 0 Å². The highest BCUT2D eigenvalue weighted by Gasteiger charge is 2.16. The Morgan fingerprint density at radius 1 is 1.19 bits per heavy atom. The van der Waals surface area contributed by atoms with Gasteiger partial charge in [-0.05, 0) is 54.4 Å². The second-order valence-corrected chi connectivity index (χ2v) is 6.47. The zero-order valence-corrected chi connectivity index (χ0v) is 16.6. The molecule has 6 nitrogen and oxygen atoms in total. The molecular formula is C20H24N2O4S. The van der Waals surface area contributed by atoms with E-state index in [0.717, 1.165) is 12.0 Å². The molecule has 0 saturated heterocycles. The van der Waals surface area contributed by atoms with E-state index < -0.39 is 5.91 Å². The Labute approximate surface area is 164 Å². The zero-order chi connectivity index (χ0) is 20.0. The smallest absolute Gasteiger partial charge is 0.261 e. The summed E-state index contributed by atoms with van der Waals surface area (Å²) in [6.07, 6.45) is 0.975. The molecule has 0 aromatic heterocycles. The van der Waals surface area contributed by atoms with Crippen LogP contribution in [0.25, 0.3) is 0 Å². The summed E-state index contributed by atoms with van der Waals surface area (Å²) in [5.41, 5.74) is 1.84. The lowest BCUT2D eigenvalue weighted by Crippen LogP contribution is -2.34. The molecule has 7 heteroatoms. The SMILES string of the molecule is CC[C@@H](C)c1ccc(O)c(NC(=S)NC(=O)c2ccc(OC)cc2OC)c1. The van der Waals surface area contributed by atoms with E-state index in [-0.39, 0.29) is 10.9 Å². The number of phenolic OH excluding ortho intramolecular Hbond substituents is 1. The number of anilines is 1. The molecule has 0 unspecified atom stereocenters. The molecule has 2 aromatic rings. The number of phenols is 1. The standard InChI is InChI=1S/C20H24N2O4S/c1-5-12(2)13-6-9-17(23)16(10-13)21-20(27)22-19(24)15-8-7-14(25-3)11-18(15)26-4/h6-12,23H,5H2,1-4H3,(H2,21,22,24,27)/t12-/m1/s1. The van der Waals surface area contributed by atoms with Crippen LogP contribution in [0.1, 0.15) is 42.1 Å². The number of amides is 1. The van der Waals surface area contributed by atoms with Crippen molar-refractivity contribution in [2.45, 2.75) is 26.2 Å². The summed E-state index contributed by atoms with van der Waals surface area (Å²) in [7, 11) is 3.01. The molecule has 27 heavy (non-hydrogen) atoms. The third kappa shape index (κ3) is 5.10. The van der Waals surface area contributed by atoms with Crippen LogP contribution in [0.4, 0.5) is 5.69 Å². The molecule has 0 spiro atoms. The van der Waals surface area contributed by atoms with Crippen molar-refractivity contribution in [2.24, 2.45) is 0 Å². The van der Waals surface area contributed by atoms with Crippen LogP contribution in [0.2, 0.25) is 0 Å². The minimum absolute atomic E-state index is 0.0562. The molecule has 0 radical (unpaired) electrons. The first-order chi connectivity index (χ1) is 12.9. The highest BCUT2D eigenvalue weighted by Crippen LogP contribution is 2.29. The normalized spacial score (nSPS) is 11.4. The van der Waals surface area contributed by atoms with Crippen LogP contribution in [0.3, 0.4) is 0 Å². The van der Waals surface area contributed by atoms with Gasteiger partial charge in [0.15, 0.2) is 5.11 Å². The summed E-state index contributed by atoms with van der Waals surface area (Å²) in [4.78, 5) is 12.5. The van der Waals surface area contributed by atoms with Crippen molar-refractivity contribution in [3.8, 4) is 17.2 Å². The summed E-state index contributed by atoms with van der Waals surface area (Å²) >= 11 is 5.22. The lowest BCUT2D eigenvalue weighted by Gasteiger charge is -2.15. The number of benzene rings is 2. The van der Waals surface area contributed by atoms with Gasteiger partial charge in [-0.3, -0.25) is 10.1 Å². The van der Waals surface area contributed by atoms with Crippen LogP contribution in [-0.4, -0.2) is 30.3 Å². The first-order valence-corrected chi connectivity index (χ1v) is 8.97. The third-order valence-corrected chi connectivity index (χ3v) is 4.53. The van der Waals surface area contributed by atoms with E-state index in [2.05, 4.69) is 24.5 Å². The number of rotatable bonds is 6. The third-order valence-electron chi connectivity index (χ3n) is 4.33. The summed E-state index contributed by atoms with van der Waals surface area (Å²) in [6, 6.07) is 10.2. The van der Waals surface area contributed by atoms with E-state index in [1.54, 1.807) is 24.3 Å². The van der Waals surface area contributed by atoms with E-state index in [1.807, 2.05) is 12.1 Å². The number of carbonyl (C=O) groups is 1. The predicted octanol–water partition coefficient (Wildman–Crippen LogP) is 4.05. The highest BCUT2D eigenvalue weighted by molar-refractivity contribution is 7.80. The van der Waals surface area contributed by atoms with Crippen LogP contribution in [0.15, 0.2) is 36.4 Å². The highest BCUT2D eigenvalue weighted by atomic mass is 32.1. The minimum Gasteiger partial charge on any atom is -0.506 e. The maximum Gasteiger partial charge on any atom is 0.261 e. The summed E-state index contributed by atoms with van der Waals surface area (Å²) < 4.78 is 10.4. The molecular weight excluding hydrogens is 364 g/mol. The van der Waals surface area contributed by atoms with E-state index in [4.69, 9.17) is 21.7 Å². The number of methoxy groups -OCH3 is 2. The molecule has 144 valence electrons. The minimum atomic E-state index is -0.426.